The molecule has 2 N–H and O–H groups in total. The van der Waals surface area contributed by atoms with E-state index in [2.05, 4.69) is 40.8 Å². The van der Waals surface area contributed by atoms with Gasteiger partial charge in [0.15, 0.2) is 0 Å². The minimum absolute atomic E-state index is 0.0715. The van der Waals surface area contributed by atoms with Gasteiger partial charge in [-0.15, -0.1) is 11.8 Å². The second-order valence-electron chi connectivity index (χ2n) is 7.57. The van der Waals surface area contributed by atoms with Gasteiger partial charge in [-0.25, -0.2) is 0 Å². The molecule has 2 amide bonds. The molecule has 0 spiro atoms. The highest BCUT2D eigenvalue weighted by Gasteiger charge is 2.26. The predicted octanol–water partition coefficient (Wildman–Crippen LogP) is 3.91. The molecule has 0 aliphatic carbocycles. The van der Waals surface area contributed by atoms with Crippen molar-refractivity contribution < 1.29 is 9.59 Å². The van der Waals surface area contributed by atoms with Crippen LogP contribution in [-0.4, -0.2) is 41.0 Å². The standard InChI is InChI=1S/C22H29N3O2S/c1-15-12-16(2)24-21(15)22(27)25-10-8-17(9-11-25)13-20(26)23-14-18-4-6-19(28-3)7-5-18/h4-7,12,17,24H,8-11,13-14H2,1-3H3,(H,23,26). The third-order valence-electron chi connectivity index (χ3n) is 5.39. The Bertz CT molecular complexity index is 821. The monoisotopic (exact) mass is 399 g/mol. The van der Waals surface area contributed by atoms with E-state index in [1.54, 1.807) is 11.8 Å². The van der Waals surface area contributed by atoms with Gasteiger partial charge in [0.2, 0.25) is 5.91 Å². The Labute approximate surface area is 171 Å². The molecule has 1 aromatic heterocycles. The Morgan fingerprint density at radius 3 is 2.43 bits per heavy atom. The first kappa shape index (κ1) is 20.5. The molecule has 2 aromatic rings. The zero-order chi connectivity index (χ0) is 20.1. The number of hydrogen-bond acceptors (Lipinski definition) is 3. The van der Waals surface area contributed by atoms with E-state index in [-0.39, 0.29) is 11.8 Å². The molecule has 3 rings (SSSR count). The number of nitrogens with zero attached hydrogens (tertiary/aromatic N) is 1. The number of nitrogens with one attached hydrogen (secondary N) is 2. The Morgan fingerprint density at radius 1 is 1.18 bits per heavy atom. The van der Waals surface area contributed by atoms with Crippen molar-refractivity contribution >= 4 is 23.6 Å². The molecule has 0 bridgehead atoms. The van der Waals surface area contributed by atoms with Gasteiger partial charge in [0.05, 0.1) is 0 Å². The molecular formula is C22H29N3O2S. The molecule has 1 aliphatic heterocycles. The summed E-state index contributed by atoms with van der Waals surface area (Å²) in [6, 6.07) is 10.3. The van der Waals surface area contributed by atoms with E-state index in [9.17, 15) is 9.59 Å². The number of benzene rings is 1. The summed E-state index contributed by atoms with van der Waals surface area (Å²) in [6.07, 6.45) is 4.34. The first-order chi connectivity index (χ1) is 13.5. The average Bonchev–Trinajstić information content (AvgIpc) is 3.05. The van der Waals surface area contributed by atoms with Crippen molar-refractivity contribution in [3.63, 3.8) is 0 Å². The van der Waals surface area contributed by atoms with Crippen LogP contribution in [-0.2, 0) is 11.3 Å². The molecular weight excluding hydrogens is 370 g/mol. The number of carbonyl (C=O) groups excluding carboxylic acids is 2. The molecule has 1 aromatic carbocycles. The number of aryl methyl sites for hydroxylation is 2. The number of likely N-dealkylation sites (tertiary alicyclic amines) is 1. The smallest absolute Gasteiger partial charge is 0.270 e. The first-order valence-electron chi connectivity index (χ1n) is 9.81. The third kappa shape index (κ3) is 5.19. The maximum absolute atomic E-state index is 12.7. The number of H-pyrrole nitrogens is 1. The van der Waals surface area contributed by atoms with E-state index >= 15 is 0 Å². The highest BCUT2D eigenvalue weighted by Crippen LogP contribution is 2.23. The van der Waals surface area contributed by atoms with Crippen LogP contribution < -0.4 is 5.32 Å². The van der Waals surface area contributed by atoms with Gasteiger partial charge in [-0.1, -0.05) is 12.1 Å². The number of aromatic nitrogens is 1. The summed E-state index contributed by atoms with van der Waals surface area (Å²) in [5.74, 6) is 0.506. The number of hydrogen-bond donors (Lipinski definition) is 2. The zero-order valence-electron chi connectivity index (χ0n) is 16.9. The van der Waals surface area contributed by atoms with Crippen LogP contribution in [0.4, 0.5) is 0 Å². The Morgan fingerprint density at radius 2 is 1.86 bits per heavy atom. The molecule has 0 unspecified atom stereocenters. The molecule has 1 aliphatic rings. The van der Waals surface area contributed by atoms with E-state index in [1.165, 1.54) is 4.90 Å². The molecule has 28 heavy (non-hydrogen) atoms. The van der Waals surface area contributed by atoms with Crippen LogP contribution in [0.5, 0.6) is 0 Å². The number of carbonyl (C=O) groups is 2. The molecule has 1 saturated heterocycles. The van der Waals surface area contributed by atoms with Gasteiger partial charge >= 0.3 is 0 Å². The topological polar surface area (TPSA) is 65.2 Å². The molecule has 5 nitrogen and oxygen atoms in total. The summed E-state index contributed by atoms with van der Waals surface area (Å²) in [5, 5.41) is 3.02. The van der Waals surface area contributed by atoms with Crippen molar-refractivity contribution in [2.45, 2.75) is 44.6 Å². The minimum Gasteiger partial charge on any atom is -0.354 e. The van der Waals surface area contributed by atoms with Gasteiger partial charge in [-0.05, 0) is 68.2 Å². The number of aromatic amines is 1. The summed E-state index contributed by atoms with van der Waals surface area (Å²) < 4.78 is 0. The lowest BCUT2D eigenvalue weighted by molar-refractivity contribution is -0.122. The van der Waals surface area contributed by atoms with E-state index < -0.39 is 0 Å². The number of rotatable bonds is 6. The van der Waals surface area contributed by atoms with E-state index in [1.807, 2.05) is 24.8 Å². The summed E-state index contributed by atoms with van der Waals surface area (Å²) >= 11 is 1.71. The van der Waals surface area contributed by atoms with Gasteiger partial charge in [0.25, 0.3) is 5.91 Å². The van der Waals surface area contributed by atoms with Crippen molar-refractivity contribution in [1.29, 1.82) is 0 Å². The van der Waals surface area contributed by atoms with Gasteiger partial charge < -0.3 is 15.2 Å². The minimum atomic E-state index is 0.0715. The molecule has 1 fully saturated rings. The second kappa shape index (κ2) is 9.32. The molecule has 0 atom stereocenters. The van der Waals surface area contributed by atoms with Crippen molar-refractivity contribution in [3.8, 4) is 0 Å². The normalized spacial score (nSPS) is 14.9. The first-order valence-corrected chi connectivity index (χ1v) is 11.0. The average molecular weight is 400 g/mol. The van der Waals surface area contributed by atoms with Gasteiger partial charge in [0.1, 0.15) is 5.69 Å². The third-order valence-corrected chi connectivity index (χ3v) is 6.13. The van der Waals surface area contributed by atoms with Crippen LogP contribution in [0.3, 0.4) is 0 Å². The van der Waals surface area contributed by atoms with E-state index in [4.69, 9.17) is 0 Å². The largest absolute Gasteiger partial charge is 0.354 e. The van der Waals surface area contributed by atoms with Gasteiger partial charge in [-0.3, -0.25) is 9.59 Å². The number of piperidine rings is 1. The fourth-order valence-corrected chi connectivity index (χ4v) is 4.14. The van der Waals surface area contributed by atoms with Crippen LogP contribution in [0.1, 0.15) is 46.6 Å². The van der Waals surface area contributed by atoms with Crippen molar-refractivity contribution in [3.05, 3.63) is 52.8 Å². The Balaban J connectivity index is 1.42. The Hall–Kier alpha value is -2.21. The van der Waals surface area contributed by atoms with Crippen molar-refractivity contribution in [2.24, 2.45) is 5.92 Å². The van der Waals surface area contributed by atoms with Gasteiger partial charge in [0, 0.05) is 36.6 Å². The van der Waals surface area contributed by atoms with Crippen LogP contribution >= 0.6 is 11.8 Å². The Kier molecular flexibility index (Phi) is 6.83. The van der Waals surface area contributed by atoms with Gasteiger partial charge in [-0.2, -0.15) is 0 Å². The summed E-state index contributed by atoms with van der Waals surface area (Å²) in [6.45, 7) is 5.92. The molecule has 6 heteroatoms. The highest BCUT2D eigenvalue weighted by atomic mass is 32.2. The quantitative estimate of drug-likeness (QED) is 0.724. The van der Waals surface area contributed by atoms with Crippen LogP contribution in [0.2, 0.25) is 0 Å². The lowest BCUT2D eigenvalue weighted by Crippen LogP contribution is -2.40. The maximum Gasteiger partial charge on any atom is 0.270 e. The predicted molar refractivity (Wildman–Crippen MR) is 114 cm³/mol. The molecule has 2 heterocycles. The van der Waals surface area contributed by atoms with Crippen LogP contribution in [0.25, 0.3) is 0 Å². The van der Waals surface area contributed by atoms with Crippen molar-refractivity contribution in [2.75, 3.05) is 19.3 Å². The SMILES string of the molecule is CSc1ccc(CNC(=O)CC2CCN(C(=O)c3[nH]c(C)cc3C)CC2)cc1. The van der Waals surface area contributed by atoms with Crippen LogP contribution in [0, 0.1) is 19.8 Å². The fourth-order valence-electron chi connectivity index (χ4n) is 3.73. The molecule has 0 saturated carbocycles. The summed E-state index contributed by atoms with van der Waals surface area (Å²) in [7, 11) is 0. The van der Waals surface area contributed by atoms with Crippen molar-refractivity contribution in [1.82, 2.24) is 15.2 Å². The van der Waals surface area contributed by atoms with E-state index in [0.717, 1.165) is 29.7 Å². The molecule has 150 valence electrons. The number of amides is 2. The molecule has 0 radical (unpaired) electrons. The fraction of sp³-hybridized carbons (Fsp3) is 0.455. The number of thioether (sulfide) groups is 1. The zero-order valence-corrected chi connectivity index (χ0v) is 17.7. The second-order valence-corrected chi connectivity index (χ2v) is 8.45. The lowest BCUT2D eigenvalue weighted by Gasteiger charge is -2.31. The highest BCUT2D eigenvalue weighted by molar-refractivity contribution is 7.98. The summed E-state index contributed by atoms with van der Waals surface area (Å²) in [4.78, 5) is 31.3. The van der Waals surface area contributed by atoms with E-state index in [0.29, 0.717) is 37.7 Å². The maximum atomic E-state index is 12.7. The van der Waals surface area contributed by atoms with Crippen LogP contribution in [0.15, 0.2) is 35.2 Å². The summed E-state index contributed by atoms with van der Waals surface area (Å²) in [5.41, 5.74) is 3.81. The lowest BCUT2D eigenvalue weighted by atomic mass is 9.93.